The first-order valence-corrected chi connectivity index (χ1v) is 9.06. The van der Waals surface area contributed by atoms with E-state index in [1.807, 2.05) is 20.8 Å². The molecular weight excluding hydrogens is 336 g/mol. The SMILES string of the molecule is CC(C)(C)OC(=O)N1CCCC1C(=O)N1CCC(Oc2cccnn2)C1. The van der Waals surface area contributed by atoms with Crippen LogP contribution in [0.1, 0.15) is 40.0 Å². The van der Waals surface area contributed by atoms with Crippen LogP contribution in [0.4, 0.5) is 4.79 Å². The van der Waals surface area contributed by atoms with E-state index in [9.17, 15) is 9.59 Å². The first-order valence-electron chi connectivity index (χ1n) is 9.06. The zero-order valence-electron chi connectivity index (χ0n) is 15.6. The molecule has 2 saturated heterocycles. The molecule has 1 aromatic rings. The van der Waals surface area contributed by atoms with Crippen molar-refractivity contribution in [2.45, 2.75) is 57.8 Å². The minimum atomic E-state index is -0.573. The largest absolute Gasteiger partial charge is 0.471 e. The lowest BCUT2D eigenvalue weighted by atomic mass is 10.2. The number of aromatic nitrogens is 2. The molecule has 2 unspecified atom stereocenters. The van der Waals surface area contributed by atoms with Gasteiger partial charge in [-0.05, 0) is 39.7 Å². The van der Waals surface area contributed by atoms with E-state index < -0.39 is 17.7 Å². The molecule has 2 aliphatic heterocycles. The molecule has 2 fully saturated rings. The molecule has 0 N–H and O–H groups in total. The van der Waals surface area contributed by atoms with Gasteiger partial charge in [0.25, 0.3) is 0 Å². The van der Waals surface area contributed by atoms with Crippen molar-refractivity contribution in [1.29, 1.82) is 0 Å². The van der Waals surface area contributed by atoms with E-state index in [0.29, 0.717) is 31.9 Å². The van der Waals surface area contributed by atoms with Crippen LogP contribution in [0.3, 0.4) is 0 Å². The number of likely N-dealkylation sites (tertiary alicyclic amines) is 2. The van der Waals surface area contributed by atoms with Gasteiger partial charge in [0.1, 0.15) is 17.7 Å². The summed E-state index contributed by atoms with van der Waals surface area (Å²) in [6, 6.07) is 3.07. The summed E-state index contributed by atoms with van der Waals surface area (Å²) in [6.07, 6.45) is 3.28. The van der Waals surface area contributed by atoms with Gasteiger partial charge in [-0.3, -0.25) is 9.69 Å². The minimum absolute atomic E-state index is 0.0291. The molecular formula is C18H26N4O4. The maximum Gasteiger partial charge on any atom is 0.410 e. The van der Waals surface area contributed by atoms with Crippen molar-refractivity contribution < 1.29 is 19.1 Å². The van der Waals surface area contributed by atoms with Crippen molar-refractivity contribution >= 4 is 12.0 Å². The number of hydrogen-bond donors (Lipinski definition) is 0. The Balaban J connectivity index is 1.57. The van der Waals surface area contributed by atoms with Crippen molar-refractivity contribution in [2.24, 2.45) is 0 Å². The van der Waals surface area contributed by atoms with E-state index in [-0.39, 0.29) is 12.0 Å². The zero-order valence-corrected chi connectivity index (χ0v) is 15.6. The van der Waals surface area contributed by atoms with Gasteiger partial charge in [0, 0.05) is 31.8 Å². The van der Waals surface area contributed by atoms with E-state index in [1.165, 1.54) is 0 Å². The van der Waals surface area contributed by atoms with Gasteiger partial charge < -0.3 is 14.4 Å². The third-order valence-electron chi connectivity index (χ3n) is 4.46. The zero-order chi connectivity index (χ0) is 18.7. The fraction of sp³-hybridized carbons (Fsp3) is 0.667. The molecule has 0 saturated carbocycles. The molecule has 26 heavy (non-hydrogen) atoms. The number of ether oxygens (including phenoxy) is 2. The first-order chi connectivity index (χ1) is 12.3. The summed E-state index contributed by atoms with van der Waals surface area (Å²) in [4.78, 5) is 28.6. The lowest BCUT2D eigenvalue weighted by Gasteiger charge is -2.30. The van der Waals surface area contributed by atoms with E-state index >= 15 is 0 Å². The molecule has 0 spiro atoms. The Kier molecular flexibility index (Phi) is 5.29. The van der Waals surface area contributed by atoms with Crippen molar-refractivity contribution in [1.82, 2.24) is 20.0 Å². The normalized spacial score (nSPS) is 23.2. The van der Waals surface area contributed by atoms with Crippen LogP contribution in [0.15, 0.2) is 18.3 Å². The fourth-order valence-electron chi connectivity index (χ4n) is 3.32. The third-order valence-corrected chi connectivity index (χ3v) is 4.46. The van der Waals surface area contributed by atoms with Crippen LogP contribution in [-0.4, -0.2) is 69.4 Å². The van der Waals surface area contributed by atoms with Gasteiger partial charge in [-0.1, -0.05) is 0 Å². The number of hydrogen-bond acceptors (Lipinski definition) is 6. The lowest BCUT2D eigenvalue weighted by molar-refractivity contribution is -0.135. The maximum atomic E-state index is 12.9. The van der Waals surface area contributed by atoms with Gasteiger partial charge in [-0.25, -0.2) is 4.79 Å². The van der Waals surface area contributed by atoms with Crippen LogP contribution in [0.5, 0.6) is 5.88 Å². The average Bonchev–Trinajstić information content (AvgIpc) is 3.23. The smallest absolute Gasteiger partial charge is 0.410 e. The average molecular weight is 362 g/mol. The van der Waals surface area contributed by atoms with Crippen molar-refractivity contribution in [3.63, 3.8) is 0 Å². The Morgan fingerprint density at radius 2 is 2.04 bits per heavy atom. The van der Waals surface area contributed by atoms with Crippen molar-refractivity contribution in [2.75, 3.05) is 19.6 Å². The molecule has 0 radical (unpaired) electrons. The Labute approximate surface area is 153 Å². The number of amides is 2. The molecule has 0 bridgehead atoms. The fourth-order valence-corrected chi connectivity index (χ4v) is 3.32. The number of rotatable bonds is 3. The highest BCUT2D eigenvalue weighted by Crippen LogP contribution is 2.25. The number of carbonyl (C=O) groups excluding carboxylic acids is 2. The van der Waals surface area contributed by atoms with Crippen LogP contribution in [0.25, 0.3) is 0 Å². The van der Waals surface area contributed by atoms with Crippen LogP contribution >= 0.6 is 0 Å². The maximum absolute atomic E-state index is 12.9. The molecule has 3 rings (SSSR count). The summed E-state index contributed by atoms with van der Waals surface area (Å²) in [5, 5.41) is 7.70. The van der Waals surface area contributed by atoms with Crippen LogP contribution < -0.4 is 4.74 Å². The molecule has 0 aromatic carbocycles. The van der Waals surface area contributed by atoms with Gasteiger partial charge >= 0.3 is 6.09 Å². The number of nitrogens with zero attached hydrogens (tertiary/aromatic N) is 4. The Hall–Kier alpha value is -2.38. The van der Waals surface area contributed by atoms with Crippen LogP contribution in [0.2, 0.25) is 0 Å². The molecule has 2 atom stereocenters. The molecule has 2 amide bonds. The quantitative estimate of drug-likeness (QED) is 0.816. The standard InChI is InChI=1S/C18H26N4O4/c1-18(2,3)26-17(24)22-10-5-6-14(22)16(23)21-11-8-13(12-21)25-15-7-4-9-19-20-15/h4,7,9,13-14H,5-6,8,10-12H2,1-3H3. The molecule has 8 nitrogen and oxygen atoms in total. The second-order valence-electron chi connectivity index (χ2n) is 7.71. The summed E-state index contributed by atoms with van der Waals surface area (Å²) in [6.45, 7) is 7.14. The summed E-state index contributed by atoms with van der Waals surface area (Å²) in [5.41, 5.74) is -0.573. The molecule has 0 aliphatic carbocycles. The molecule has 8 heteroatoms. The van der Waals surface area contributed by atoms with E-state index in [4.69, 9.17) is 9.47 Å². The van der Waals surface area contributed by atoms with E-state index in [0.717, 1.165) is 12.8 Å². The minimum Gasteiger partial charge on any atom is -0.471 e. The molecule has 1 aromatic heterocycles. The Morgan fingerprint density at radius 1 is 1.23 bits per heavy atom. The molecule has 2 aliphatic rings. The Bertz CT molecular complexity index is 646. The van der Waals surface area contributed by atoms with Crippen LogP contribution in [0, 0.1) is 0 Å². The summed E-state index contributed by atoms with van der Waals surface area (Å²) in [7, 11) is 0. The highest BCUT2D eigenvalue weighted by molar-refractivity contribution is 5.86. The Morgan fingerprint density at radius 3 is 2.73 bits per heavy atom. The highest BCUT2D eigenvalue weighted by atomic mass is 16.6. The predicted molar refractivity (Wildman–Crippen MR) is 93.6 cm³/mol. The highest BCUT2D eigenvalue weighted by Gasteiger charge is 2.40. The van der Waals surface area contributed by atoms with Gasteiger partial charge in [-0.2, -0.15) is 5.10 Å². The summed E-state index contributed by atoms with van der Waals surface area (Å²) < 4.78 is 11.2. The van der Waals surface area contributed by atoms with Gasteiger partial charge in [-0.15, -0.1) is 5.10 Å². The van der Waals surface area contributed by atoms with Crippen LogP contribution in [-0.2, 0) is 9.53 Å². The summed E-state index contributed by atoms with van der Waals surface area (Å²) in [5.74, 6) is 0.432. The van der Waals surface area contributed by atoms with Gasteiger partial charge in [0.2, 0.25) is 11.8 Å². The van der Waals surface area contributed by atoms with Gasteiger partial charge in [0.05, 0.1) is 6.54 Å². The van der Waals surface area contributed by atoms with Crippen molar-refractivity contribution in [3.8, 4) is 5.88 Å². The second-order valence-corrected chi connectivity index (χ2v) is 7.71. The van der Waals surface area contributed by atoms with E-state index in [2.05, 4.69) is 10.2 Å². The predicted octanol–water partition coefficient (Wildman–Crippen LogP) is 1.86. The lowest BCUT2D eigenvalue weighted by Crippen LogP contribution is -2.48. The monoisotopic (exact) mass is 362 g/mol. The first kappa shape index (κ1) is 18.4. The number of carbonyl (C=O) groups is 2. The molecule has 142 valence electrons. The topological polar surface area (TPSA) is 84.9 Å². The third kappa shape index (κ3) is 4.42. The van der Waals surface area contributed by atoms with Gasteiger partial charge in [0.15, 0.2) is 0 Å². The molecule has 3 heterocycles. The van der Waals surface area contributed by atoms with E-state index in [1.54, 1.807) is 28.1 Å². The summed E-state index contributed by atoms with van der Waals surface area (Å²) >= 11 is 0. The second kappa shape index (κ2) is 7.47. The van der Waals surface area contributed by atoms with Crippen molar-refractivity contribution in [3.05, 3.63) is 18.3 Å².